The zero-order valence-electron chi connectivity index (χ0n) is 15.1. The summed E-state index contributed by atoms with van der Waals surface area (Å²) in [6.07, 6.45) is 4.14. The van der Waals surface area contributed by atoms with E-state index in [0.29, 0.717) is 12.5 Å². The number of carbonyl (C=O) groups is 1. The quantitative estimate of drug-likeness (QED) is 0.766. The molecule has 0 N–H and O–H groups in total. The summed E-state index contributed by atoms with van der Waals surface area (Å²) in [5, 5.41) is 0. The monoisotopic (exact) mass is 351 g/mol. The number of esters is 1. The summed E-state index contributed by atoms with van der Waals surface area (Å²) in [6.45, 7) is 7.23. The Morgan fingerprint density at radius 1 is 1.25 bits per heavy atom. The molecule has 0 amide bonds. The van der Waals surface area contributed by atoms with Gasteiger partial charge in [-0.1, -0.05) is 44.2 Å². The van der Waals surface area contributed by atoms with E-state index in [9.17, 15) is 4.79 Å². The summed E-state index contributed by atoms with van der Waals surface area (Å²) >= 11 is 0. The highest BCUT2D eigenvalue weighted by Gasteiger charge is 2.56. The molecular formula is C20H30ClNO2. The molecule has 0 bridgehead atoms. The van der Waals surface area contributed by atoms with E-state index in [1.165, 1.54) is 12.8 Å². The first-order chi connectivity index (χ1) is 10.9. The van der Waals surface area contributed by atoms with E-state index in [1.54, 1.807) is 0 Å². The third-order valence-corrected chi connectivity index (χ3v) is 5.45. The number of benzene rings is 1. The number of rotatable bonds is 4. The summed E-state index contributed by atoms with van der Waals surface area (Å²) in [6, 6.07) is 10.2. The van der Waals surface area contributed by atoms with Crippen molar-refractivity contribution >= 4 is 18.4 Å². The second-order valence-electron chi connectivity index (χ2n) is 8.33. The van der Waals surface area contributed by atoms with E-state index in [-0.39, 0.29) is 23.8 Å². The van der Waals surface area contributed by atoms with Gasteiger partial charge >= 0.3 is 5.97 Å². The number of ether oxygens (including phenoxy) is 1. The zero-order chi connectivity index (χ0) is 16.5. The number of likely N-dealkylation sites (tertiary alicyclic amines) is 1. The van der Waals surface area contributed by atoms with Gasteiger partial charge in [-0.2, -0.15) is 0 Å². The Bertz CT molecular complexity index is 550. The molecule has 1 aromatic carbocycles. The molecule has 1 aromatic rings. The second kappa shape index (κ2) is 7.45. The van der Waals surface area contributed by atoms with Crippen molar-refractivity contribution < 1.29 is 9.53 Å². The SMILES string of the molecule is CN1CCCC(COC(=O)C2(c3ccccc3)CC(C)(C)C2)C1.Cl. The van der Waals surface area contributed by atoms with Crippen LogP contribution in [-0.2, 0) is 14.9 Å². The van der Waals surface area contributed by atoms with Crippen LogP contribution < -0.4 is 0 Å². The summed E-state index contributed by atoms with van der Waals surface area (Å²) in [5.74, 6) is 0.467. The number of carbonyl (C=O) groups excluding carboxylic acids is 1. The molecule has 1 aliphatic heterocycles. The Hall–Kier alpha value is -1.06. The van der Waals surface area contributed by atoms with Gasteiger partial charge in [0.25, 0.3) is 0 Å². The molecule has 1 saturated carbocycles. The van der Waals surface area contributed by atoms with Gasteiger partial charge < -0.3 is 9.64 Å². The lowest BCUT2D eigenvalue weighted by Gasteiger charge is -2.51. The predicted octanol–water partition coefficient (Wildman–Crippen LogP) is 4.05. The molecule has 3 nitrogen and oxygen atoms in total. The fraction of sp³-hybridized carbons (Fsp3) is 0.650. The molecule has 2 aliphatic rings. The Morgan fingerprint density at radius 3 is 2.50 bits per heavy atom. The Balaban J connectivity index is 0.00000208. The smallest absolute Gasteiger partial charge is 0.316 e. The van der Waals surface area contributed by atoms with Crippen molar-refractivity contribution in [1.29, 1.82) is 0 Å². The number of piperidine rings is 1. The van der Waals surface area contributed by atoms with Crippen LogP contribution in [0.4, 0.5) is 0 Å². The van der Waals surface area contributed by atoms with Gasteiger partial charge in [-0.25, -0.2) is 0 Å². The topological polar surface area (TPSA) is 29.5 Å². The molecule has 1 saturated heterocycles. The molecule has 1 atom stereocenters. The van der Waals surface area contributed by atoms with Gasteiger partial charge in [-0.3, -0.25) is 4.79 Å². The van der Waals surface area contributed by atoms with Crippen LogP contribution in [0.15, 0.2) is 30.3 Å². The van der Waals surface area contributed by atoms with Crippen LogP contribution in [0.25, 0.3) is 0 Å². The molecular weight excluding hydrogens is 322 g/mol. The van der Waals surface area contributed by atoms with Gasteiger partial charge in [0, 0.05) is 12.5 Å². The first kappa shape index (κ1) is 19.3. The Labute approximate surface area is 152 Å². The van der Waals surface area contributed by atoms with E-state index in [2.05, 4.69) is 37.9 Å². The molecule has 0 spiro atoms. The van der Waals surface area contributed by atoms with Gasteiger partial charge in [0.1, 0.15) is 0 Å². The minimum absolute atomic E-state index is 0. The highest BCUT2D eigenvalue weighted by molar-refractivity contribution is 5.85. The number of hydrogen-bond acceptors (Lipinski definition) is 3. The highest BCUT2D eigenvalue weighted by Crippen LogP contribution is 2.56. The minimum Gasteiger partial charge on any atom is -0.465 e. The molecule has 2 fully saturated rings. The fourth-order valence-electron chi connectivity index (χ4n) is 4.55. The maximum atomic E-state index is 12.9. The van der Waals surface area contributed by atoms with Crippen molar-refractivity contribution in [2.24, 2.45) is 11.3 Å². The van der Waals surface area contributed by atoms with Crippen molar-refractivity contribution in [2.45, 2.75) is 44.9 Å². The Morgan fingerprint density at radius 2 is 1.92 bits per heavy atom. The molecule has 1 aliphatic carbocycles. The van der Waals surface area contributed by atoms with Gasteiger partial charge in [-0.05, 0) is 50.3 Å². The van der Waals surface area contributed by atoms with Crippen molar-refractivity contribution in [1.82, 2.24) is 4.90 Å². The molecule has 0 aromatic heterocycles. The van der Waals surface area contributed by atoms with Crippen molar-refractivity contribution in [3.8, 4) is 0 Å². The maximum Gasteiger partial charge on any atom is 0.316 e. The predicted molar refractivity (Wildman–Crippen MR) is 99.6 cm³/mol. The molecule has 4 heteroatoms. The third-order valence-electron chi connectivity index (χ3n) is 5.45. The Kier molecular flexibility index (Phi) is 5.98. The lowest BCUT2D eigenvalue weighted by Crippen LogP contribution is -2.53. The van der Waals surface area contributed by atoms with Crippen molar-refractivity contribution in [2.75, 3.05) is 26.7 Å². The summed E-state index contributed by atoms with van der Waals surface area (Å²) in [7, 11) is 2.15. The first-order valence-corrected chi connectivity index (χ1v) is 8.83. The van der Waals surface area contributed by atoms with E-state index in [0.717, 1.165) is 31.5 Å². The van der Waals surface area contributed by atoms with E-state index in [4.69, 9.17) is 4.74 Å². The van der Waals surface area contributed by atoms with E-state index in [1.807, 2.05) is 18.2 Å². The van der Waals surface area contributed by atoms with Crippen molar-refractivity contribution in [3.63, 3.8) is 0 Å². The maximum absolute atomic E-state index is 12.9. The van der Waals surface area contributed by atoms with Crippen LogP contribution in [0.3, 0.4) is 0 Å². The molecule has 24 heavy (non-hydrogen) atoms. The summed E-state index contributed by atoms with van der Waals surface area (Å²) in [4.78, 5) is 15.3. The number of halogens is 1. The second-order valence-corrected chi connectivity index (χ2v) is 8.33. The standard InChI is InChI=1S/C20H29NO2.ClH/c1-19(2)14-20(15-19,17-9-5-4-6-10-17)18(22)23-13-16-8-7-11-21(3)12-16;/h4-6,9-10,16H,7-8,11-15H2,1-3H3;1H. The third kappa shape index (κ3) is 3.94. The lowest BCUT2D eigenvalue weighted by molar-refractivity contribution is -0.162. The zero-order valence-corrected chi connectivity index (χ0v) is 15.9. The number of nitrogens with zero attached hydrogens (tertiary/aromatic N) is 1. The van der Waals surface area contributed by atoms with Gasteiger partial charge in [0.15, 0.2) is 0 Å². The van der Waals surface area contributed by atoms with Gasteiger partial charge in [0.05, 0.1) is 12.0 Å². The molecule has 3 rings (SSSR count). The van der Waals surface area contributed by atoms with Crippen LogP contribution in [0.5, 0.6) is 0 Å². The molecule has 1 heterocycles. The average Bonchev–Trinajstić information content (AvgIpc) is 2.51. The number of hydrogen-bond donors (Lipinski definition) is 0. The summed E-state index contributed by atoms with van der Waals surface area (Å²) in [5.41, 5.74) is 0.913. The lowest BCUT2D eigenvalue weighted by atomic mass is 9.52. The van der Waals surface area contributed by atoms with E-state index < -0.39 is 5.41 Å². The van der Waals surface area contributed by atoms with Crippen LogP contribution in [0.2, 0.25) is 0 Å². The normalized spacial score (nSPS) is 25.2. The largest absolute Gasteiger partial charge is 0.465 e. The van der Waals surface area contributed by atoms with Crippen LogP contribution in [0.1, 0.15) is 45.1 Å². The van der Waals surface area contributed by atoms with Gasteiger partial charge in [-0.15, -0.1) is 12.4 Å². The fourth-order valence-corrected chi connectivity index (χ4v) is 4.55. The minimum atomic E-state index is -0.425. The van der Waals surface area contributed by atoms with Gasteiger partial charge in [0.2, 0.25) is 0 Å². The molecule has 134 valence electrons. The van der Waals surface area contributed by atoms with E-state index >= 15 is 0 Å². The van der Waals surface area contributed by atoms with Crippen LogP contribution >= 0.6 is 12.4 Å². The van der Waals surface area contributed by atoms with Crippen LogP contribution in [-0.4, -0.2) is 37.6 Å². The average molecular weight is 352 g/mol. The summed E-state index contributed by atoms with van der Waals surface area (Å²) < 4.78 is 5.82. The first-order valence-electron chi connectivity index (χ1n) is 8.83. The van der Waals surface area contributed by atoms with Crippen molar-refractivity contribution in [3.05, 3.63) is 35.9 Å². The van der Waals surface area contributed by atoms with Crippen LogP contribution in [0, 0.1) is 11.3 Å². The molecule has 1 unspecified atom stereocenters. The highest BCUT2D eigenvalue weighted by atomic mass is 35.5. The molecule has 0 radical (unpaired) electrons.